The van der Waals surface area contributed by atoms with Gasteiger partial charge in [-0.15, -0.1) is 0 Å². The van der Waals surface area contributed by atoms with Gasteiger partial charge in [0.25, 0.3) is 5.91 Å². The van der Waals surface area contributed by atoms with E-state index in [0.717, 1.165) is 17.7 Å². The highest BCUT2D eigenvalue weighted by Crippen LogP contribution is 2.33. The molecule has 0 radical (unpaired) electrons. The fourth-order valence-corrected chi connectivity index (χ4v) is 2.95. The number of amides is 1. The van der Waals surface area contributed by atoms with Gasteiger partial charge < -0.3 is 14.6 Å². The van der Waals surface area contributed by atoms with Crippen molar-refractivity contribution in [1.82, 2.24) is 14.9 Å². The molecule has 0 aliphatic heterocycles. The van der Waals surface area contributed by atoms with Crippen LogP contribution in [0.1, 0.15) is 11.1 Å². The van der Waals surface area contributed by atoms with Crippen LogP contribution >= 0.6 is 34.8 Å². The van der Waals surface area contributed by atoms with Crippen molar-refractivity contribution in [3.05, 3.63) is 81.3 Å². The van der Waals surface area contributed by atoms with Crippen LogP contribution in [0.4, 0.5) is 0 Å². The summed E-state index contributed by atoms with van der Waals surface area (Å²) in [6, 6.07) is 11.0. The summed E-state index contributed by atoms with van der Waals surface area (Å²) in [5.74, 6) is 0.0460. The Kier molecular flexibility index (Phi) is 6.61. The molecule has 5 nitrogen and oxygen atoms in total. The molecule has 1 aromatic heterocycles. The van der Waals surface area contributed by atoms with Crippen LogP contribution in [0.15, 0.2) is 55.1 Å². The molecular weight excluding hydrogens is 409 g/mol. The molecule has 8 heteroatoms. The van der Waals surface area contributed by atoms with E-state index >= 15 is 0 Å². The highest BCUT2D eigenvalue weighted by molar-refractivity contribution is 6.43. The molecule has 0 fully saturated rings. The van der Waals surface area contributed by atoms with Crippen molar-refractivity contribution in [3.8, 4) is 5.75 Å². The maximum atomic E-state index is 12.0. The number of nitrogens with one attached hydrogen (secondary N) is 1. The Morgan fingerprint density at radius 3 is 2.44 bits per heavy atom. The molecule has 140 valence electrons. The van der Waals surface area contributed by atoms with Crippen LogP contribution < -0.4 is 10.1 Å². The Labute approximate surface area is 171 Å². The maximum absolute atomic E-state index is 12.0. The highest BCUT2D eigenvalue weighted by Gasteiger charge is 2.09. The van der Waals surface area contributed by atoms with Gasteiger partial charge in [0.2, 0.25) is 0 Å². The predicted molar refractivity (Wildman–Crippen MR) is 107 cm³/mol. The molecule has 0 atom stereocenters. The second kappa shape index (κ2) is 9.13. The average Bonchev–Trinajstić information content (AvgIpc) is 3.16. The third kappa shape index (κ3) is 5.63. The quantitative estimate of drug-likeness (QED) is 0.565. The fourth-order valence-electron chi connectivity index (χ4n) is 2.36. The molecule has 3 aromatic rings. The maximum Gasteiger partial charge on any atom is 0.258 e. The molecule has 2 aromatic carbocycles. The van der Waals surface area contributed by atoms with Gasteiger partial charge in [-0.3, -0.25) is 4.79 Å². The van der Waals surface area contributed by atoms with Crippen LogP contribution in [0.25, 0.3) is 0 Å². The van der Waals surface area contributed by atoms with Gasteiger partial charge in [0.15, 0.2) is 6.61 Å². The van der Waals surface area contributed by atoms with Gasteiger partial charge in [-0.25, -0.2) is 4.98 Å². The number of aromatic nitrogens is 2. The lowest BCUT2D eigenvalue weighted by Gasteiger charge is -2.10. The van der Waals surface area contributed by atoms with Gasteiger partial charge in [0.05, 0.1) is 21.4 Å². The van der Waals surface area contributed by atoms with Gasteiger partial charge in [-0.2, -0.15) is 0 Å². The topological polar surface area (TPSA) is 56.1 Å². The Morgan fingerprint density at radius 1 is 1.04 bits per heavy atom. The largest absolute Gasteiger partial charge is 0.482 e. The number of imidazole rings is 1. The first kappa shape index (κ1) is 19.5. The monoisotopic (exact) mass is 423 g/mol. The van der Waals surface area contributed by atoms with Gasteiger partial charge in [-0.1, -0.05) is 59.1 Å². The molecule has 0 aliphatic carbocycles. The minimum Gasteiger partial charge on any atom is -0.482 e. The van der Waals surface area contributed by atoms with Gasteiger partial charge in [-0.05, 0) is 17.2 Å². The Balaban J connectivity index is 1.47. The number of carbonyl (C=O) groups excluding carboxylic acids is 1. The molecule has 0 saturated heterocycles. The number of benzene rings is 2. The standard InChI is InChI=1S/C19H16Cl3N3O2/c20-15-7-17(22)18(8-16(15)21)27-11-19(26)24-9-13-1-3-14(4-2-13)10-25-6-5-23-12-25/h1-8,12H,9-11H2,(H,24,26). The van der Waals surface area contributed by atoms with Crippen molar-refractivity contribution in [2.45, 2.75) is 13.1 Å². The second-order valence-electron chi connectivity index (χ2n) is 5.81. The van der Waals surface area contributed by atoms with E-state index in [0.29, 0.717) is 27.4 Å². The Bertz CT molecular complexity index is 913. The van der Waals surface area contributed by atoms with Crippen LogP contribution in [0.3, 0.4) is 0 Å². The summed E-state index contributed by atoms with van der Waals surface area (Å²) in [6.07, 6.45) is 5.43. The molecule has 0 unspecified atom stereocenters. The summed E-state index contributed by atoms with van der Waals surface area (Å²) in [6.45, 7) is 0.990. The Hall–Kier alpha value is -2.21. The van der Waals surface area contributed by atoms with E-state index in [-0.39, 0.29) is 12.5 Å². The molecule has 1 N–H and O–H groups in total. The number of halogens is 3. The SMILES string of the molecule is O=C(COc1cc(Cl)c(Cl)cc1Cl)NCc1ccc(Cn2ccnc2)cc1. The number of carbonyl (C=O) groups is 1. The zero-order valence-electron chi connectivity index (χ0n) is 14.2. The van der Waals surface area contributed by atoms with Crippen molar-refractivity contribution in [3.63, 3.8) is 0 Å². The zero-order valence-corrected chi connectivity index (χ0v) is 16.4. The number of ether oxygens (including phenoxy) is 1. The van der Waals surface area contributed by atoms with Crippen molar-refractivity contribution in [1.29, 1.82) is 0 Å². The van der Waals surface area contributed by atoms with Gasteiger partial charge in [0, 0.05) is 31.5 Å². The summed E-state index contributed by atoms with van der Waals surface area (Å²) in [4.78, 5) is 16.0. The lowest BCUT2D eigenvalue weighted by molar-refractivity contribution is -0.123. The third-order valence-electron chi connectivity index (χ3n) is 3.77. The minimum absolute atomic E-state index is 0.170. The molecule has 27 heavy (non-hydrogen) atoms. The van der Waals surface area contributed by atoms with E-state index in [1.165, 1.54) is 12.1 Å². The average molecular weight is 425 g/mol. The van der Waals surface area contributed by atoms with E-state index in [1.54, 1.807) is 12.5 Å². The zero-order chi connectivity index (χ0) is 19.2. The van der Waals surface area contributed by atoms with Gasteiger partial charge in [0.1, 0.15) is 5.75 Å². The fraction of sp³-hybridized carbons (Fsp3) is 0.158. The number of nitrogens with zero attached hydrogens (tertiary/aromatic N) is 2. The normalized spacial score (nSPS) is 10.6. The summed E-state index contributed by atoms with van der Waals surface area (Å²) in [5.41, 5.74) is 2.14. The summed E-state index contributed by atoms with van der Waals surface area (Å²) < 4.78 is 7.39. The van der Waals surface area contributed by atoms with E-state index in [9.17, 15) is 4.79 Å². The molecule has 0 aliphatic rings. The van der Waals surface area contributed by atoms with Crippen LogP contribution in [0.5, 0.6) is 5.75 Å². The number of hydrogen-bond acceptors (Lipinski definition) is 3. The Morgan fingerprint density at radius 2 is 1.74 bits per heavy atom. The van der Waals surface area contributed by atoms with Crippen LogP contribution in [0, 0.1) is 0 Å². The molecule has 3 rings (SSSR count). The highest BCUT2D eigenvalue weighted by atomic mass is 35.5. The molecule has 1 heterocycles. The van der Waals surface area contributed by atoms with Crippen molar-refractivity contribution < 1.29 is 9.53 Å². The van der Waals surface area contributed by atoms with E-state index in [1.807, 2.05) is 35.0 Å². The first-order valence-electron chi connectivity index (χ1n) is 8.09. The number of rotatable bonds is 7. The molecule has 0 spiro atoms. The van der Waals surface area contributed by atoms with E-state index in [4.69, 9.17) is 39.5 Å². The van der Waals surface area contributed by atoms with Gasteiger partial charge >= 0.3 is 0 Å². The van der Waals surface area contributed by atoms with Crippen LogP contribution in [-0.4, -0.2) is 22.1 Å². The van der Waals surface area contributed by atoms with E-state index in [2.05, 4.69) is 10.3 Å². The van der Waals surface area contributed by atoms with Crippen LogP contribution in [-0.2, 0) is 17.9 Å². The molecule has 1 amide bonds. The van der Waals surface area contributed by atoms with Crippen molar-refractivity contribution in [2.75, 3.05) is 6.61 Å². The third-order valence-corrected chi connectivity index (χ3v) is 4.79. The molecule has 0 saturated carbocycles. The number of hydrogen-bond donors (Lipinski definition) is 1. The summed E-state index contributed by atoms with van der Waals surface area (Å²) >= 11 is 17.8. The summed E-state index contributed by atoms with van der Waals surface area (Å²) in [7, 11) is 0. The molecule has 0 bridgehead atoms. The van der Waals surface area contributed by atoms with Crippen LogP contribution in [0.2, 0.25) is 15.1 Å². The first-order valence-corrected chi connectivity index (χ1v) is 9.22. The van der Waals surface area contributed by atoms with E-state index < -0.39 is 0 Å². The minimum atomic E-state index is -0.264. The second-order valence-corrected chi connectivity index (χ2v) is 7.04. The predicted octanol–water partition coefficient (Wildman–Crippen LogP) is 4.59. The first-order chi connectivity index (χ1) is 13.0. The lowest BCUT2D eigenvalue weighted by atomic mass is 10.1. The summed E-state index contributed by atoms with van der Waals surface area (Å²) in [5, 5.41) is 3.74. The smallest absolute Gasteiger partial charge is 0.258 e. The van der Waals surface area contributed by atoms with Crippen molar-refractivity contribution >= 4 is 40.7 Å². The van der Waals surface area contributed by atoms with Crippen molar-refractivity contribution in [2.24, 2.45) is 0 Å². The lowest BCUT2D eigenvalue weighted by Crippen LogP contribution is -2.28. The molecular formula is C19H16Cl3N3O2.